The molecule has 0 unspecified atom stereocenters. The van der Waals surface area contributed by atoms with Crippen molar-refractivity contribution in [2.24, 2.45) is 5.92 Å². The quantitative estimate of drug-likeness (QED) is 0.822. The molecule has 0 bridgehead atoms. The number of carbonyl (C=O) groups is 2. The largest absolute Gasteiger partial charge is 0.378 e. The molecule has 2 fully saturated rings. The molecule has 0 spiro atoms. The number of carbonyl (C=O) groups excluding carboxylic acids is 2. The van der Waals surface area contributed by atoms with Gasteiger partial charge in [-0.05, 0) is 18.6 Å². The van der Waals surface area contributed by atoms with Crippen LogP contribution in [-0.4, -0.2) is 49.6 Å². The molecule has 0 aromatic heterocycles. The molecule has 2 amide bonds. The molecule has 5 nitrogen and oxygen atoms in total. The maximum Gasteiger partial charge on any atom is 0.228 e. The zero-order chi connectivity index (χ0) is 14.8. The van der Waals surface area contributed by atoms with E-state index in [9.17, 15) is 9.59 Å². The molecule has 0 aliphatic carbocycles. The first-order valence-electron chi connectivity index (χ1n) is 7.39. The second-order valence-electron chi connectivity index (χ2n) is 5.63. The van der Waals surface area contributed by atoms with Crippen molar-refractivity contribution in [1.82, 2.24) is 4.90 Å². The minimum absolute atomic E-state index is 0.0379. The van der Waals surface area contributed by atoms with Crippen molar-refractivity contribution in [2.75, 3.05) is 37.7 Å². The molecule has 2 heterocycles. The van der Waals surface area contributed by atoms with Crippen molar-refractivity contribution >= 4 is 17.5 Å². The van der Waals surface area contributed by atoms with Crippen molar-refractivity contribution in [2.45, 2.75) is 13.3 Å². The van der Waals surface area contributed by atoms with Crippen molar-refractivity contribution in [3.05, 3.63) is 29.8 Å². The third-order valence-electron chi connectivity index (χ3n) is 4.20. The van der Waals surface area contributed by atoms with Crippen molar-refractivity contribution in [1.29, 1.82) is 0 Å². The van der Waals surface area contributed by atoms with Gasteiger partial charge >= 0.3 is 0 Å². The Labute approximate surface area is 124 Å². The van der Waals surface area contributed by atoms with Gasteiger partial charge in [0.2, 0.25) is 11.8 Å². The van der Waals surface area contributed by atoms with Crippen molar-refractivity contribution in [3.63, 3.8) is 0 Å². The number of benzene rings is 1. The summed E-state index contributed by atoms with van der Waals surface area (Å²) in [6, 6.07) is 7.80. The van der Waals surface area contributed by atoms with Gasteiger partial charge in [0.05, 0.1) is 19.1 Å². The number of morpholine rings is 1. The number of rotatable bonds is 2. The molecule has 1 aromatic rings. The van der Waals surface area contributed by atoms with Gasteiger partial charge in [-0.15, -0.1) is 0 Å². The molecule has 0 radical (unpaired) electrons. The van der Waals surface area contributed by atoms with E-state index in [1.165, 1.54) is 0 Å². The molecule has 1 aromatic carbocycles. The molecule has 2 aliphatic rings. The Kier molecular flexibility index (Phi) is 3.92. The van der Waals surface area contributed by atoms with Gasteiger partial charge in [-0.3, -0.25) is 9.59 Å². The van der Waals surface area contributed by atoms with Crippen LogP contribution in [0.3, 0.4) is 0 Å². The van der Waals surface area contributed by atoms with Crippen LogP contribution in [0.25, 0.3) is 0 Å². The van der Waals surface area contributed by atoms with E-state index in [0.29, 0.717) is 39.3 Å². The van der Waals surface area contributed by atoms with E-state index >= 15 is 0 Å². The van der Waals surface area contributed by atoms with E-state index in [4.69, 9.17) is 4.74 Å². The average molecular weight is 288 g/mol. The van der Waals surface area contributed by atoms with Gasteiger partial charge in [-0.25, -0.2) is 0 Å². The van der Waals surface area contributed by atoms with Crippen LogP contribution in [0, 0.1) is 12.8 Å². The van der Waals surface area contributed by atoms with E-state index in [1.807, 2.05) is 36.1 Å². The number of para-hydroxylation sites is 1. The lowest BCUT2D eigenvalue weighted by Crippen LogP contribution is -2.44. The second-order valence-corrected chi connectivity index (χ2v) is 5.63. The van der Waals surface area contributed by atoms with E-state index in [-0.39, 0.29) is 17.7 Å². The molecule has 2 aliphatic heterocycles. The third-order valence-corrected chi connectivity index (χ3v) is 4.20. The maximum atomic E-state index is 12.5. The van der Waals surface area contributed by atoms with Gasteiger partial charge in [-0.1, -0.05) is 18.2 Å². The second kappa shape index (κ2) is 5.85. The summed E-state index contributed by atoms with van der Waals surface area (Å²) in [6.07, 6.45) is 0.310. The van der Waals surface area contributed by atoms with Gasteiger partial charge in [-0.2, -0.15) is 0 Å². The SMILES string of the molecule is Cc1ccccc1N1C[C@@H](C(=O)N2CCOCC2)CC1=O. The van der Waals surface area contributed by atoms with Crippen LogP contribution in [0.15, 0.2) is 24.3 Å². The van der Waals surface area contributed by atoms with Crippen LogP contribution >= 0.6 is 0 Å². The summed E-state index contributed by atoms with van der Waals surface area (Å²) in [5, 5.41) is 0. The monoisotopic (exact) mass is 288 g/mol. The van der Waals surface area contributed by atoms with Gasteiger partial charge in [0, 0.05) is 31.7 Å². The number of amides is 2. The summed E-state index contributed by atoms with van der Waals surface area (Å²) in [5.74, 6) is -0.103. The summed E-state index contributed by atoms with van der Waals surface area (Å²) in [5.41, 5.74) is 1.98. The van der Waals surface area contributed by atoms with Gasteiger partial charge in [0.25, 0.3) is 0 Å². The molecule has 3 rings (SSSR count). The normalized spacial score (nSPS) is 22.7. The Morgan fingerprint density at radius 2 is 1.95 bits per heavy atom. The fraction of sp³-hybridized carbons (Fsp3) is 0.500. The van der Waals surface area contributed by atoms with E-state index < -0.39 is 0 Å². The van der Waals surface area contributed by atoms with E-state index in [0.717, 1.165) is 11.3 Å². The number of ether oxygens (including phenoxy) is 1. The molecule has 2 saturated heterocycles. The Morgan fingerprint density at radius 3 is 2.67 bits per heavy atom. The van der Waals surface area contributed by atoms with Gasteiger partial charge in [0.1, 0.15) is 0 Å². The molecule has 21 heavy (non-hydrogen) atoms. The highest BCUT2D eigenvalue weighted by Gasteiger charge is 2.37. The lowest BCUT2D eigenvalue weighted by atomic mass is 10.1. The average Bonchev–Trinajstić information content (AvgIpc) is 2.90. The van der Waals surface area contributed by atoms with Gasteiger partial charge in [0.15, 0.2) is 0 Å². The molecular weight excluding hydrogens is 268 g/mol. The van der Waals surface area contributed by atoms with E-state index in [2.05, 4.69) is 0 Å². The minimum Gasteiger partial charge on any atom is -0.378 e. The van der Waals surface area contributed by atoms with Crippen LogP contribution in [-0.2, 0) is 14.3 Å². The highest BCUT2D eigenvalue weighted by atomic mass is 16.5. The fourth-order valence-electron chi connectivity index (χ4n) is 3.01. The Morgan fingerprint density at radius 1 is 1.24 bits per heavy atom. The van der Waals surface area contributed by atoms with Crippen LogP contribution in [0.5, 0.6) is 0 Å². The van der Waals surface area contributed by atoms with Crippen LogP contribution in [0.2, 0.25) is 0 Å². The predicted octanol–water partition coefficient (Wildman–Crippen LogP) is 1.21. The number of hydrogen-bond donors (Lipinski definition) is 0. The Bertz CT molecular complexity index is 552. The molecule has 0 N–H and O–H groups in total. The molecule has 0 saturated carbocycles. The standard InChI is InChI=1S/C16H20N2O3/c1-12-4-2-3-5-14(12)18-11-13(10-15(18)19)16(20)17-6-8-21-9-7-17/h2-5,13H,6-11H2,1H3/t13-/m0/s1. The number of hydrogen-bond acceptors (Lipinski definition) is 3. The lowest BCUT2D eigenvalue weighted by Gasteiger charge is -2.29. The molecule has 1 atom stereocenters. The fourth-order valence-corrected chi connectivity index (χ4v) is 3.01. The highest BCUT2D eigenvalue weighted by molar-refractivity contribution is 6.00. The Hall–Kier alpha value is -1.88. The summed E-state index contributed by atoms with van der Waals surface area (Å²) >= 11 is 0. The van der Waals surface area contributed by atoms with Crippen LogP contribution in [0.1, 0.15) is 12.0 Å². The maximum absolute atomic E-state index is 12.5. The first kappa shape index (κ1) is 14.1. The van der Waals surface area contributed by atoms with Crippen LogP contribution in [0.4, 0.5) is 5.69 Å². The first-order chi connectivity index (χ1) is 10.2. The van der Waals surface area contributed by atoms with Gasteiger partial charge < -0.3 is 14.5 Å². The lowest BCUT2D eigenvalue weighted by molar-refractivity contribution is -0.139. The number of aryl methyl sites for hydroxylation is 1. The summed E-state index contributed by atoms with van der Waals surface area (Å²) < 4.78 is 5.27. The number of nitrogens with zero attached hydrogens (tertiary/aromatic N) is 2. The Balaban J connectivity index is 1.72. The highest BCUT2D eigenvalue weighted by Crippen LogP contribution is 2.28. The van der Waals surface area contributed by atoms with Crippen molar-refractivity contribution in [3.8, 4) is 0 Å². The van der Waals surface area contributed by atoms with E-state index in [1.54, 1.807) is 4.90 Å². The molecule has 5 heteroatoms. The minimum atomic E-state index is -0.227. The smallest absolute Gasteiger partial charge is 0.228 e. The predicted molar refractivity (Wildman–Crippen MR) is 79.0 cm³/mol. The topological polar surface area (TPSA) is 49.9 Å². The zero-order valence-electron chi connectivity index (χ0n) is 12.2. The van der Waals surface area contributed by atoms with Crippen molar-refractivity contribution < 1.29 is 14.3 Å². The van der Waals surface area contributed by atoms with Crippen LogP contribution < -0.4 is 4.90 Å². The number of anilines is 1. The summed E-state index contributed by atoms with van der Waals surface area (Å²) in [4.78, 5) is 28.3. The summed E-state index contributed by atoms with van der Waals surface area (Å²) in [6.45, 7) is 4.92. The first-order valence-corrected chi connectivity index (χ1v) is 7.39. The summed E-state index contributed by atoms with van der Waals surface area (Å²) in [7, 11) is 0. The third kappa shape index (κ3) is 2.78. The molecule has 112 valence electrons. The molecular formula is C16H20N2O3. The zero-order valence-corrected chi connectivity index (χ0v) is 12.2.